The monoisotopic (exact) mass is 288 g/mol. The number of benzene rings is 1. The first-order valence-corrected chi connectivity index (χ1v) is 6.23. The lowest BCUT2D eigenvalue weighted by Gasteiger charge is -2.31. The second kappa shape index (κ2) is 5.70. The molecule has 2 N–H and O–H groups in total. The molecule has 4 nitrogen and oxygen atoms in total. The van der Waals surface area contributed by atoms with Crippen molar-refractivity contribution in [2.24, 2.45) is 11.8 Å². The van der Waals surface area contributed by atoms with Crippen LogP contribution in [0.2, 0.25) is 0 Å². The van der Waals surface area contributed by atoms with E-state index in [1.807, 2.05) is 0 Å². The van der Waals surface area contributed by atoms with Gasteiger partial charge in [-0.15, -0.1) is 13.2 Å². The van der Waals surface area contributed by atoms with Crippen molar-refractivity contribution < 1.29 is 22.7 Å². The van der Waals surface area contributed by atoms with Gasteiger partial charge < -0.3 is 15.4 Å². The molecule has 7 heteroatoms. The molecule has 1 heterocycles. The molecule has 1 aromatic carbocycles. The first kappa shape index (κ1) is 14.6. The van der Waals surface area contributed by atoms with Gasteiger partial charge in [0.05, 0.1) is 5.69 Å². The lowest BCUT2D eigenvalue weighted by molar-refractivity contribution is -0.274. The van der Waals surface area contributed by atoms with Crippen LogP contribution in [0, 0.1) is 11.8 Å². The van der Waals surface area contributed by atoms with Gasteiger partial charge in [-0.1, -0.05) is 19.1 Å². The Morgan fingerprint density at radius 2 is 2.05 bits per heavy atom. The Labute approximate surface area is 114 Å². The van der Waals surface area contributed by atoms with Gasteiger partial charge in [-0.2, -0.15) is 0 Å². The molecule has 1 aliphatic heterocycles. The van der Waals surface area contributed by atoms with E-state index in [9.17, 15) is 18.0 Å². The quantitative estimate of drug-likeness (QED) is 0.894. The summed E-state index contributed by atoms with van der Waals surface area (Å²) < 4.78 is 40.7. The highest BCUT2D eigenvalue weighted by Crippen LogP contribution is 2.30. The minimum absolute atomic E-state index is 0.0222. The van der Waals surface area contributed by atoms with E-state index in [-0.39, 0.29) is 23.4 Å². The van der Waals surface area contributed by atoms with Gasteiger partial charge in [0.1, 0.15) is 0 Å². The van der Waals surface area contributed by atoms with Gasteiger partial charge in [-0.3, -0.25) is 4.79 Å². The van der Waals surface area contributed by atoms with Gasteiger partial charge in [-0.05, 0) is 31.1 Å². The molecule has 1 atom stereocenters. The number of halogens is 3. The van der Waals surface area contributed by atoms with Crippen LogP contribution in [0.1, 0.15) is 6.92 Å². The SMILES string of the molecule is CC(C(=O)Nc1ccccc1OC(F)(F)F)C1CNC1. The molecule has 0 spiro atoms. The van der Waals surface area contributed by atoms with Crippen molar-refractivity contribution in [1.29, 1.82) is 0 Å². The zero-order chi connectivity index (χ0) is 14.8. The van der Waals surface area contributed by atoms with Crippen molar-refractivity contribution in [3.8, 4) is 5.75 Å². The number of ether oxygens (including phenoxy) is 1. The second-order valence-corrected chi connectivity index (χ2v) is 4.74. The lowest BCUT2D eigenvalue weighted by atomic mass is 9.88. The maximum atomic E-state index is 12.3. The number of amides is 1. The molecule has 1 amide bonds. The maximum absolute atomic E-state index is 12.3. The van der Waals surface area contributed by atoms with Gasteiger partial charge in [0.2, 0.25) is 5.91 Å². The summed E-state index contributed by atoms with van der Waals surface area (Å²) in [4.78, 5) is 12.0. The average Bonchev–Trinajstić information content (AvgIpc) is 2.27. The minimum atomic E-state index is -4.79. The molecule has 0 aliphatic carbocycles. The van der Waals surface area contributed by atoms with Crippen LogP contribution in [-0.4, -0.2) is 25.4 Å². The van der Waals surface area contributed by atoms with E-state index in [1.165, 1.54) is 24.3 Å². The fourth-order valence-electron chi connectivity index (χ4n) is 1.91. The van der Waals surface area contributed by atoms with Crippen LogP contribution < -0.4 is 15.4 Å². The van der Waals surface area contributed by atoms with Crippen LogP contribution in [0.5, 0.6) is 5.75 Å². The van der Waals surface area contributed by atoms with E-state index >= 15 is 0 Å². The Morgan fingerprint density at radius 3 is 2.60 bits per heavy atom. The fourth-order valence-corrected chi connectivity index (χ4v) is 1.91. The van der Waals surface area contributed by atoms with Gasteiger partial charge in [0.25, 0.3) is 0 Å². The summed E-state index contributed by atoms with van der Waals surface area (Å²) in [5.41, 5.74) is 0.0222. The largest absolute Gasteiger partial charge is 0.573 e. The molecule has 1 unspecified atom stereocenters. The van der Waals surface area contributed by atoms with Gasteiger partial charge in [-0.25, -0.2) is 0 Å². The number of rotatable bonds is 4. The van der Waals surface area contributed by atoms with Crippen molar-refractivity contribution in [2.45, 2.75) is 13.3 Å². The number of anilines is 1. The number of carbonyl (C=O) groups excluding carboxylic acids is 1. The molecule has 20 heavy (non-hydrogen) atoms. The molecule has 0 aromatic heterocycles. The zero-order valence-corrected chi connectivity index (χ0v) is 10.8. The summed E-state index contributed by atoms with van der Waals surface area (Å²) in [6.07, 6.45) is -4.79. The van der Waals surface area contributed by atoms with E-state index in [4.69, 9.17) is 0 Å². The van der Waals surface area contributed by atoms with E-state index in [1.54, 1.807) is 6.92 Å². The molecule has 110 valence electrons. The predicted molar refractivity (Wildman–Crippen MR) is 67.3 cm³/mol. The third-order valence-corrected chi connectivity index (χ3v) is 3.30. The Kier molecular flexibility index (Phi) is 4.17. The van der Waals surface area contributed by atoms with Crippen LogP contribution in [0.3, 0.4) is 0 Å². The molecular weight excluding hydrogens is 273 g/mol. The first-order chi connectivity index (χ1) is 9.37. The Morgan fingerprint density at radius 1 is 1.40 bits per heavy atom. The predicted octanol–water partition coefficient (Wildman–Crippen LogP) is 2.38. The van der Waals surface area contributed by atoms with E-state index in [0.717, 1.165) is 13.1 Å². The molecule has 1 fully saturated rings. The zero-order valence-electron chi connectivity index (χ0n) is 10.8. The lowest BCUT2D eigenvalue weighted by Crippen LogP contribution is -2.48. The smallest absolute Gasteiger partial charge is 0.404 e. The Balaban J connectivity index is 2.06. The van der Waals surface area contributed by atoms with E-state index in [2.05, 4.69) is 15.4 Å². The number of hydrogen-bond donors (Lipinski definition) is 2. The Hall–Kier alpha value is -1.76. The van der Waals surface area contributed by atoms with Gasteiger partial charge in [0.15, 0.2) is 5.75 Å². The van der Waals surface area contributed by atoms with Crippen LogP contribution in [0.25, 0.3) is 0 Å². The van der Waals surface area contributed by atoms with Crippen molar-refractivity contribution >= 4 is 11.6 Å². The normalized spacial score (nSPS) is 17.2. The highest BCUT2D eigenvalue weighted by molar-refractivity contribution is 5.94. The summed E-state index contributed by atoms with van der Waals surface area (Å²) in [7, 11) is 0. The van der Waals surface area contributed by atoms with Gasteiger partial charge >= 0.3 is 6.36 Å². The second-order valence-electron chi connectivity index (χ2n) is 4.74. The van der Waals surface area contributed by atoms with Crippen LogP contribution in [0.15, 0.2) is 24.3 Å². The van der Waals surface area contributed by atoms with E-state index < -0.39 is 12.1 Å². The third-order valence-electron chi connectivity index (χ3n) is 3.30. The van der Waals surface area contributed by atoms with Gasteiger partial charge in [0, 0.05) is 5.92 Å². The Bertz CT molecular complexity index is 487. The highest BCUT2D eigenvalue weighted by Gasteiger charge is 2.33. The first-order valence-electron chi connectivity index (χ1n) is 6.23. The molecule has 1 saturated heterocycles. The third kappa shape index (κ3) is 3.63. The topological polar surface area (TPSA) is 50.4 Å². The molecule has 1 aliphatic rings. The molecule has 0 bridgehead atoms. The summed E-state index contributed by atoms with van der Waals surface area (Å²) in [6.45, 7) is 3.25. The molecule has 2 rings (SSSR count). The summed E-state index contributed by atoms with van der Waals surface area (Å²) >= 11 is 0. The van der Waals surface area contributed by atoms with Crippen LogP contribution >= 0.6 is 0 Å². The summed E-state index contributed by atoms with van der Waals surface area (Å²) in [5.74, 6) is -0.775. The van der Waals surface area contributed by atoms with E-state index in [0.29, 0.717) is 0 Å². The molecular formula is C13H15F3N2O2. The van der Waals surface area contributed by atoms with Crippen molar-refractivity contribution in [2.75, 3.05) is 18.4 Å². The number of alkyl halides is 3. The van der Waals surface area contributed by atoms with Crippen molar-refractivity contribution in [1.82, 2.24) is 5.32 Å². The van der Waals surface area contributed by atoms with Crippen molar-refractivity contribution in [3.05, 3.63) is 24.3 Å². The highest BCUT2D eigenvalue weighted by atomic mass is 19.4. The molecule has 1 aromatic rings. The van der Waals surface area contributed by atoms with Crippen LogP contribution in [0.4, 0.5) is 18.9 Å². The fraction of sp³-hybridized carbons (Fsp3) is 0.462. The molecule has 0 radical (unpaired) electrons. The number of para-hydroxylation sites is 2. The van der Waals surface area contributed by atoms with Crippen molar-refractivity contribution in [3.63, 3.8) is 0 Å². The summed E-state index contributed by atoms with van der Waals surface area (Å²) in [6, 6.07) is 5.49. The number of carbonyl (C=O) groups is 1. The van der Waals surface area contributed by atoms with Crippen LogP contribution in [-0.2, 0) is 4.79 Å². The average molecular weight is 288 g/mol. The maximum Gasteiger partial charge on any atom is 0.573 e. The standard InChI is InChI=1S/C13H15F3N2O2/c1-8(9-6-17-7-9)12(19)18-10-4-2-3-5-11(10)20-13(14,15)16/h2-5,8-9,17H,6-7H2,1H3,(H,18,19). The number of hydrogen-bond acceptors (Lipinski definition) is 3. The summed E-state index contributed by atoms with van der Waals surface area (Å²) in [5, 5.41) is 5.54. The minimum Gasteiger partial charge on any atom is -0.404 e. The number of nitrogens with one attached hydrogen (secondary N) is 2. The molecule has 0 saturated carbocycles.